The van der Waals surface area contributed by atoms with Crippen LogP contribution in [0.4, 0.5) is 0 Å². The van der Waals surface area contributed by atoms with E-state index < -0.39 is 0 Å². The number of hydrogen-bond acceptors (Lipinski definition) is 2. The summed E-state index contributed by atoms with van der Waals surface area (Å²) < 4.78 is 0. The highest BCUT2D eigenvalue weighted by Gasteiger charge is 2.29. The van der Waals surface area contributed by atoms with Gasteiger partial charge in [0.2, 0.25) is 0 Å². The third-order valence-electron chi connectivity index (χ3n) is 3.96. The topological polar surface area (TPSA) is 15.3 Å². The summed E-state index contributed by atoms with van der Waals surface area (Å²) in [5, 5.41) is 3.51. The van der Waals surface area contributed by atoms with Gasteiger partial charge in [0.1, 0.15) is 0 Å². The molecule has 2 rings (SSSR count). The van der Waals surface area contributed by atoms with Crippen LogP contribution >= 0.6 is 0 Å². The second-order valence-corrected chi connectivity index (χ2v) is 4.84. The minimum absolute atomic E-state index is 0.766. The summed E-state index contributed by atoms with van der Waals surface area (Å²) in [5.74, 6) is 0. The Labute approximate surface area is 88.1 Å². The first kappa shape index (κ1) is 10.4. The quantitative estimate of drug-likeness (QED) is 0.727. The van der Waals surface area contributed by atoms with Crippen molar-refractivity contribution in [1.82, 2.24) is 10.2 Å². The molecule has 1 aliphatic heterocycles. The first-order chi connectivity index (χ1) is 6.92. The van der Waals surface area contributed by atoms with Crippen LogP contribution in [0.3, 0.4) is 0 Å². The van der Waals surface area contributed by atoms with Gasteiger partial charge in [0.05, 0.1) is 0 Å². The summed E-state index contributed by atoms with van der Waals surface area (Å²) in [7, 11) is 2.13. The number of piperidine rings is 1. The smallest absolute Gasteiger partial charge is 0.0249 e. The molecule has 2 nitrogen and oxygen atoms in total. The molecule has 1 aliphatic carbocycles. The molecular weight excluding hydrogens is 172 g/mol. The second-order valence-electron chi connectivity index (χ2n) is 4.84. The SMILES string of the molecule is CNC1CCCCC1N1CCCCC1. The van der Waals surface area contributed by atoms with Gasteiger partial charge in [-0.05, 0) is 45.8 Å². The van der Waals surface area contributed by atoms with Crippen molar-refractivity contribution in [3.8, 4) is 0 Å². The highest BCUT2D eigenvalue weighted by Crippen LogP contribution is 2.25. The first-order valence-corrected chi connectivity index (χ1v) is 6.33. The predicted octanol–water partition coefficient (Wildman–Crippen LogP) is 2.00. The van der Waals surface area contributed by atoms with Crippen LogP contribution < -0.4 is 5.32 Å². The van der Waals surface area contributed by atoms with Crippen molar-refractivity contribution in [2.45, 2.75) is 57.0 Å². The van der Waals surface area contributed by atoms with E-state index in [1.54, 1.807) is 0 Å². The monoisotopic (exact) mass is 196 g/mol. The van der Waals surface area contributed by atoms with Gasteiger partial charge < -0.3 is 5.32 Å². The van der Waals surface area contributed by atoms with Crippen LogP contribution in [0.1, 0.15) is 44.9 Å². The molecule has 0 aromatic rings. The summed E-state index contributed by atoms with van der Waals surface area (Å²) >= 11 is 0. The lowest BCUT2D eigenvalue weighted by Crippen LogP contribution is -2.52. The van der Waals surface area contributed by atoms with Crippen molar-refractivity contribution >= 4 is 0 Å². The van der Waals surface area contributed by atoms with E-state index in [1.165, 1.54) is 58.0 Å². The zero-order valence-electron chi connectivity index (χ0n) is 9.47. The Kier molecular flexibility index (Phi) is 3.82. The van der Waals surface area contributed by atoms with Crippen molar-refractivity contribution in [3.63, 3.8) is 0 Å². The molecule has 0 aromatic carbocycles. The Morgan fingerprint density at radius 3 is 2.36 bits per heavy atom. The van der Waals surface area contributed by atoms with Crippen molar-refractivity contribution in [2.24, 2.45) is 0 Å². The number of likely N-dealkylation sites (tertiary alicyclic amines) is 1. The Balaban J connectivity index is 1.91. The van der Waals surface area contributed by atoms with Crippen LogP contribution in [0.2, 0.25) is 0 Å². The molecule has 0 spiro atoms. The molecule has 1 saturated heterocycles. The third-order valence-corrected chi connectivity index (χ3v) is 3.96. The average molecular weight is 196 g/mol. The van der Waals surface area contributed by atoms with Gasteiger partial charge in [0.15, 0.2) is 0 Å². The van der Waals surface area contributed by atoms with Crippen LogP contribution in [0.25, 0.3) is 0 Å². The van der Waals surface area contributed by atoms with E-state index >= 15 is 0 Å². The number of nitrogens with zero attached hydrogens (tertiary/aromatic N) is 1. The van der Waals surface area contributed by atoms with Gasteiger partial charge in [-0.25, -0.2) is 0 Å². The molecular formula is C12H24N2. The summed E-state index contributed by atoms with van der Waals surface area (Å²) in [6.07, 6.45) is 9.98. The van der Waals surface area contributed by atoms with Crippen LogP contribution in [-0.4, -0.2) is 37.1 Å². The minimum Gasteiger partial charge on any atom is -0.315 e. The normalized spacial score (nSPS) is 35.8. The van der Waals surface area contributed by atoms with Crippen LogP contribution in [-0.2, 0) is 0 Å². The molecule has 2 heteroatoms. The van der Waals surface area contributed by atoms with Gasteiger partial charge >= 0.3 is 0 Å². The molecule has 0 amide bonds. The number of likely N-dealkylation sites (N-methyl/N-ethyl adjacent to an activating group) is 1. The Morgan fingerprint density at radius 2 is 1.64 bits per heavy atom. The van der Waals surface area contributed by atoms with E-state index in [1.807, 2.05) is 0 Å². The molecule has 0 radical (unpaired) electrons. The highest BCUT2D eigenvalue weighted by molar-refractivity contribution is 4.88. The summed E-state index contributed by atoms with van der Waals surface area (Å²) in [6, 6.07) is 1.61. The minimum atomic E-state index is 0.766. The maximum atomic E-state index is 3.51. The molecule has 2 aliphatic rings. The van der Waals surface area contributed by atoms with Crippen molar-refractivity contribution < 1.29 is 0 Å². The summed E-state index contributed by atoms with van der Waals surface area (Å²) in [4.78, 5) is 2.74. The lowest BCUT2D eigenvalue weighted by atomic mass is 9.88. The largest absolute Gasteiger partial charge is 0.315 e. The van der Waals surface area contributed by atoms with Crippen LogP contribution in [0, 0.1) is 0 Å². The standard InChI is InChI=1S/C12H24N2/c1-13-11-7-3-4-8-12(11)14-9-5-2-6-10-14/h11-13H,2-10H2,1H3. The van der Waals surface area contributed by atoms with Crippen LogP contribution in [0.5, 0.6) is 0 Å². The zero-order valence-corrected chi connectivity index (χ0v) is 9.47. The van der Waals surface area contributed by atoms with E-state index in [-0.39, 0.29) is 0 Å². The maximum absolute atomic E-state index is 3.51. The number of nitrogens with one attached hydrogen (secondary N) is 1. The lowest BCUT2D eigenvalue weighted by molar-refractivity contribution is 0.104. The van der Waals surface area contributed by atoms with E-state index in [9.17, 15) is 0 Å². The zero-order chi connectivity index (χ0) is 9.80. The van der Waals surface area contributed by atoms with Gasteiger partial charge in [-0.3, -0.25) is 4.90 Å². The van der Waals surface area contributed by atoms with Gasteiger partial charge in [0, 0.05) is 12.1 Å². The fraction of sp³-hybridized carbons (Fsp3) is 1.00. The first-order valence-electron chi connectivity index (χ1n) is 6.33. The van der Waals surface area contributed by atoms with Gasteiger partial charge in [-0.1, -0.05) is 19.3 Å². The van der Waals surface area contributed by atoms with E-state index in [4.69, 9.17) is 0 Å². The van der Waals surface area contributed by atoms with Gasteiger partial charge in [0.25, 0.3) is 0 Å². The van der Waals surface area contributed by atoms with Crippen molar-refractivity contribution in [2.75, 3.05) is 20.1 Å². The molecule has 2 atom stereocenters. The Morgan fingerprint density at radius 1 is 0.929 bits per heavy atom. The molecule has 2 unspecified atom stereocenters. The van der Waals surface area contributed by atoms with E-state index in [2.05, 4.69) is 17.3 Å². The molecule has 2 fully saturated rings. The van der Waals surface area contributed by atoms with E-state index in [0.29, 0.717) is 0 Å². The maximum Gasteiger partial charge on any atom is 0.0249 e. The van der Waals surface area contributed by atoms with Gasteiger partial charge in [-0.2, -0.15) is 0 Å². The van der Waals surface area contributed by atoms with E-state index in [0.717, 1.165) is 12.1 Å². The molecule has 0 aromatic heterocycles. The third kappa shape index (κ3) is 2.29. The molecule has 14 heavy (non-hydrogen) atoms. The molecule has 1 N–H and O–H groups in total. The summed E-state index contributed by atoms with van der Waals surface area (Å²) in [5.41, 5.74) is 0. The van der Waals surface area contributed by atoms with Gasteiger partial charge in [-0.15, -0.1) is 0 Å². The lowest BCUT2D eigenvalue weighted by Gasteiger charge is -2.41. The average Bonchev–Trinajstić information content (AvgIpc) is 2.30. The number of hydrogen-bond donors (Lipinski definition) is 1. The fourth-order valence-electron chi connectivity index (χ4n) is 3.14. The Hall–Kier alpha value is -0.0800. The molecule has 0 bridgehead atoms. The predicted molar refractivity (Wildman–Crippen MR) is 60.5 cm³/mol. The molecule has 1 heterocycles. The summed E-state index contributed by atoms with van der Waals surface area (Å²) in [6.45, 7) is 2.70. The number of rotatable bonds is 2. The highest BCUT2D eigenvalue weighted by atomic mass is 15.2. The second kappa shape index (κ2) is 5.13. The van der Waals surface area contributed by atoms with Crippen molar-refractivity contribution in [1.29, 1.82) is 0 Å². The van der Waals surface area contributed by atoms with Crippen LogP contribution in [0.15, 0.2) is 0 Å². The van der Waals surface area contributed by atoms with Crippen molar-refractivity contribution in [3.05, 3.63) is 0 Å². The Bertz CT molecular complexity index is 164. The molecule has 1 saturated carbocycles. The fourth-order valence-corrected chi connectivity index (χ4v) is 3.14. The molecule has 82 valence electrons.